The third-order valence-corrected chi connectivity index (χ3v) is 7.76. The Hall–Kier alpha value is -2.65. The third kappa shape index (κ3) is 5.30. The molecule has 4 aliphatic rings. The number of ether oxygens (including phenoxy) is 1. The fourth-order valence-electron chi connectivity index (χ4n) is 5.97. The maximum Gasteiger partial charge on any atom is 0.253 e. The lowest BCUT2D eigenvalue weighted by molar-refractivity contribution is 0.0545. The highest BCUT2D eigenvalue weighted by atomic mass is 19.2. The van der Waals surface area contributed by atoms with Crippen LogP contribution in [-0.2, 0) is 4.74 Å². The van der Waals surface area contributed by atoms with E-state index in [1.165, 1.54) is 43.4 Å². The number of nitrogens with zero attached hydrogens (tertiary/aromatic N) is 2. The molecule has 2 unspecified atom stereocenters. The number of rotatable bonds is 6. The van der Waals surface area contributed by atoms with Crippen LogP contribution in [0.15, 0.2) is 30.1 Å². The quantitative estimate of drug-likeness (QED) is 0.568. The number of hydrogen-bond donors (Lipinski definition) is 3. The lowest BCUT2D eigenvalue weighted by Crippen LogP contribution is -2.42. The molecule has 1 amide bonds. The molecule has 3 heterocycles. The molecule has 3 N–H and O–H groups in total. The van der Waals surface area contributed by atoms with Crippen LogP contribution in [0.4, 0.5) is 8.78 Å². The first-order valence-electron chi connectivity index (χ1n) is 12.6. The van der Waals surface area contributed by atoms with Gasteiger partial charge in [-0.3, -0.25) is 15.6 Å². The van der Waals surface area contributed by atoms with Crippen LogP contribution in [0.3, 0.4) is 0 Å². The fraction of sp³-hybridized carbons (Fsp3) is 0.577. The number of carbonyl (C=O) groups is 1. The van der Waals surface area contributed by atoms with Gasteiger partial charge in [-0.25, -0.2) is 8.78 Å². The predicted molar refractivity (Wildman–Crippen MR) is 134 cm³/mol. The van der Waals surface area contributed by atoms with Crippen molar-refractivity contribution in [1.82, 2.24) is 26.0 Å². The average molecular weight is 492 g/mol. The second-order valence-corrected chi connectivity index (χ2v) is 10.5. The SMILES string of the molecule is CN(C)C(=O)c1cc(F)c(F)c(C2=CC=C(NC3CC4CN(CC5CCOCC5)C[C@H]4C3)NN2)c1.[HH].[HH]. The molecule has 1 aliphatic carbocycles. The Morgan fingerprint density at radius 2 is 1.86 bits per heavy atom. The molecule has 3 aliphatic heterocycles. The Balaban J connectivity index is 0.00000190. The topological polar surface area (TPSA) is 68.9 Å². The summed E-state index contributed by atoms with van der Waals surface area (Å²) in [5, 5.41) is 3.56. The first-order valence-corrected chi connectivity index (χ1v) is 12.6. The molecule has 1 aromatic carbocycles. The van der Waals surface area contributed by atoms with E-state index in [1.807, 2.05) is 6.08 Å². The molecule has 9 heteroatoms. The fourth-order valence-corrected chi connectivity index (χ4v) is 5.97. The molecule has 2 saturated heterocycles. The van der Waals surface area contributed by atoms with Crippen molar-refractivity contribution in [3.63, 3.8) is 0 Å². The monoisotopic (exact) mass is 491 g/mol. The lowest BCUT2D eigenvalue weighted by atomic mass is 10.00. The van der Waals surface area contributed by atoms with Gasteiger partial charge in [0.2, 0.25) is 0 Å². The highest BCUT2D eigenvalue weighted by Crippen LogP contribution is 2.39. The van der Waals surface area contributed by atoms with Crippen molar-refractivity contribution >= 4 is 11.6 Å². The van der Waals surface area contributed by atoms with Crippen molar-refractivity contribution in [3.05, 3.63) is 52.9 Å². The van der Waals surface area contributed by atoms with Gasteiger partial charge in [-0.1, -0.05) is 0 Å². The van der Waals surface area contributed by atoms with Gasteiger partial charge in [0.05, 0.1) is 5.70 Å². The van der Waals surface area contributed by atoms with Gasteiger partial charge in [0, 0.05) is 67.0 Å². The average Bonchev–Trinajstić information content (AvgIpc) is 3.39. The number of halogens is 2. The van der Waals surface area contributed by atoms with Crippen LogP contribution >= 0.6 is 0 Å². The zero-order valence-electron chi connectivity index (χ0n) is 20.4. The van der Waals surface area contributed by atoms with Gasteiger partial charge >= 0.3 is 0 Å². The van der Waals surface area contributed by atoms with E-state index >= 15 is 0 Å². The number of amides is 1. The van der Waals surface area contributed by atoms with Crippen LogP contribution in [0.25, 0.3) is 5.70 Å². The van der Waals surface area contributed by atoms with E-state index in [4.69, 9.17) is 4.74 Å². The Morgan fingerprint density at radius 3 is 2.49 bits per heavy atom. The summed E-state index contributed by atoms with van der Waals surface area (Å²) in [6, 6.07) is 2.70. The van der Waals surface area contributed by atoms with Crippen LogP contribution in [0.2, 0.25) is 0 Å². The van der Waals surface area contributed by atoms with E-state index in [9.17, 15) is 13.6 Å². The molecular formula is C26H39F2N5O2. The van der Waals surface area contributed by atoms with Gasteiger partial charge in [0.15, 0.2) is 11.6 Å². The maximum atomic E-state index is 14.5. The first kappa shape index (κ1) is 24.1. The minimum Gasteiger partial charge on any atom is -0.381 e. The van der Waals surface area contributed by atoms with Gasteiger partial charge < -0.3 is 19.9 Å². The van der Waals surface area contributed by atoms with E-state index < -0.39 is 11.6 Å². The normalized spacial score (nSPS) is 26.9. The number of likely N-dealkylation sites (tertiary alicyclic amines) is 1. The minimum absolute atomic E-state index is 0. The highest BCUT2D eigenvalue weighted by molar-refractivity contribution is 5.94. The zero-order chi connectivity index (χ0) is 24.5. The number of hydrazine groups is 1. The summed E-state index contributed by atoms with van der Waals surface area (Å²) in [5.74, 6) is 0.616. The highest BCUT2D eigenvalue weighted by Gasteiger charge is 2.41. The van der Waals surface area contributed by atoms with Gasteiger partial charge in [-0.15, -0.1) is 0 Å². The van der Waals surface area contributed by atoms with Crippen molar-refractivity contribution in [2.45, 2.75) is 31.7 Å². The standard InChI is InChI=1S/C26H35F2N5O2.2H2/c1-32(2)26(34)17-11-21(25(28)22(27)12-17)23-3-4-24(31-30-23)29-20-9-18-14-33(15-19(18)10-20)13-16-5-7-35-8-6-16;;/h3-4,11-12,16,18-20,29-31H,5-10,13-15H2,1-2H3;2*1H/t18-,19?,20?;;/m1../s1. The molecule has 3 fully saturated rings. The third-order valence-electron chi connectivity index (χ3n) is 7.76. The molecule has 3 atom stereocenters. The molecular weight excluding hydrogens is 452 g/mol. The molecule has 1 aromatic rings. The van der Waals surface area contributed by atoms with Crippen molar-refractivity contribution in [3.8, 4) is 0 Å². The lowest BCUT2D eigenvalue weighted by Gasteiger charge is -2.28. The molecule has 35 heavy (non-hydrogen) atoms. The van der Waals surface area contributed by atoms with Crippen LogP contribution < -0.4 is 16.2 Å². The molecule has 7 nitrogen and oxygen atoms in total. The molecule has 194 valence electrons. The molecule has 1 saturated carbocycles. The molecule has 0 radical (unpaired) electrons. The maximum absolute atomic E-state index is 14.5. The van der Waals surface area contributed by atoms with E-state index in [0.717, 1.165) is 55.7 Å². The van der Waals surface area contributed by atoms with E-state index in [-0.39, 0.29) is 19.9 Å². The summed E-state index contributed by atoms with van der Waals surface area (Å²) in [6.07, 6.45) is 8.18. The number of nitrogens with one attached hydrogen (secondary N) is 3. The Kier molecular flexibility index (Phi) is 6.98. The van der Waals surface area contributed by atoms with Crippen LogP contribution in [0, 0.1) is 29.4 Å². The Bertz CT molecular complexity index is 1020. The summed E-state index contributed by atoms with van der Waals surface area (Å²) in [5.41, 5.74) is 6.50. The summed E-state index contributed by atoms with van der Waals surface area (Å²) >= 11 is 0. The largest absolute Gasteiger partial charge is 0.381 e. The first-order chi connectivity index (χ1) is 16.9. The number of fused-ring (bicyclic) bond motifs is 1. The van der Waals surface area contributed by atoms with Crippen molar-refractivity contribution in [2.24, 2.45) is 17.8 Å². The van der Waals surface area contributed by atoms with Gasteiger partial charge in [-0.05, 0) is 67.7 Å². The van der Waals surface area contributed by atoms with E-state index in [1.54, 1.807) is 20.2 Å². The second-order valence-electron chi connectivity index (χ2n) is 10.5. The van der Waals surface area contributed by atoms with Crippen molar-refractivity contribution in [2.75, 3.05) is 46.9 Å². The summed E-state index contributed by atoms with van der Waals surface area (Å²) in [4.78, 5) is 16.2. The molecule has 0 bridgehead atoms. The summed E-state index contributed by atoms with van der Waals surface area (Å²) in [6.45, 7) is 5.39. The number of hydrogen-bond acceptors (Lipinski definition) is 6. The van der Waals surface area contributed by atoms with Crippen molar-refractivity contribution in [1.29, 1.82) is 0 Å². The molecule has 0 aromatic heterocycles. The van der Waals surface area contributed by atoms with Gasteiger partial charge in [0.25, 0.3) is 5.91 Å². The van der Waals surface area contributed by atoms with Crippen molar-refractivity contribution < 1.29 is 21.2 Å². The van der Waals surface area contributed by atoms with Gasteiger partial charge in [-0.2, -0.15) is 0 Å². The number of benzene rings is 1. The molecule has 0 spiro atoms. The van der Waals surface area contributed by atoms with Crippen LogP contribution in [0.5, 0.6) is 0 Å². The molecule has 5 rings (SSSR count). The number of carbonyl (C=O) groups excluding carboxylic acids is 1. The summed E-state index contributed by atoms with van der Waals surface area (Å²) in [7, 11) is 3.15. The van der Waals surface area contributed by atoms with Crippen LogP contribution in [-0.4, -0.2) is 68.7 Å². The van der Waals surface area contributed by atoms with E-state index in [2.05, 4.69) is 21.1 Å². The Morgan fingerprint density at radius 1 is 1.14 bits per heavy atom. The minimum atomic E-state index is -1.05. The summed E-state index contributed by atoms with van der Waals surface area (Å²) < 4.78 is 34.2. The zero-order valence-corrected chi connectivity index (χ0v) is 20.4. The van der Waals surface area contributed by atoms with Gasteiger partial charge in [0.1, 0.15) is 5.82 Å². The smallest absolute Gasteiger partial charge is 0.253 e. The second kappa shape index (κ2) is 10.1. The number of allylic oxidation sites excluding steroid dienone is 2. The Labute approximate surface area is 208 Å². The van der Waals surface area contributed by atoms with E-state index in [0.29, 0.717) is 11.7 Å². The van der Waals surface area contributed by atoms with Crippen LogP contribution in [0.1, 0.15) is 44.5 Å². The predicted octanol–water partition coefficient (Wildman–Crippen LogP) is 3.18.